The van der Waals surface area contributed by atoms with Gasteiger partial charge in [0.15, 0.2) is 0 Å². The zero-order chi connectivity index (χ0) is 21.7. The molecule has 1 heterocycles. The Morgan fingerprint density at radius 3 is 2.48 bits per heavy atom. The molecular weight excluding hydrogens is 394 g/mol. The van der Waals surface area contributed by atoms with Gasteiger partial charge in [0.1, 0.15) is 24.4 Å². The van der Waals surface area contributed by atoms with Crippen LogP contribution in [-0.2, 0) is 9.59 Å². The maximum absolute atomic E-state index is 13.0. The molecule has 160 valence electrons. The summed E-state index contributed by atoms with van der Waals surface area (Å²) in [5.41, 5.74) is 0.253. The first kappa shape index (κ1) is 23.0. The van der Waals surface area contributed by atoms with Crippen molar-refractivity contribution in [2.45, 2.75) is 46.2 Å². The fraction of sp³-hybridized carbons (Fsp3) is 0.571. The van der Waals surface area contributed by atoms with Gasteiger partial charge in [-0.3, -0.25) is 14.4 Å². The molecule has 3 amide bonds. The average molecular weight is 424 g/mol. The minimum absolute atomic E-state index is 0.180. The molecule has 1 aromatic carbocycles. The van der Waals surface area contributed by atoms with E-state index in [2.05, 4.69) is 10.6 Å². The van der Waals surface area contributed by atoms with Crippen LogP contribution in [0.3, 0.4) is 0 Å². The average Bonchev–Trinajstić information content (AvgIpc) is 2.64. The van der Waals surface area contributed by atoms with Gasteiger partial charge in [0.05, 0.1) is 12.1 Å². The van der Waals surface area contributed by atoms with Gasteiger partial charge in [0.2, 0.25) is 11.8 Å². The van der Waals surface area contributed by atoms with Gasteiger partial charge < -0.3 is 20.3 Å². The number of halogens is 1. The molecule has 0 aromatic heterocycles. The van der Waals surface area contributed by atoms with Crippen LogP contribution in [-0.4, -0.2) is 54.9 Å². The third-order valence-electron chi connectivity index (χ3n) is 4.80. The number of carbonyl (C=O) groups excluding carboxylic acids is 3. The summed E-state index contributed by atoms with van der Waals surface area (Å²) < 4.78 is 5.77. The van der Waals surface area contributed by atoms with Crippen LogP contribution in [0.4, 0.5) is 0 Å². The van der Waals surface area contributed by atoms with E-state index in [-0.39, 0.29) is 35.8 Å². The summed E-state index contributed by atoms with van der Waals surface area (Å²) in [5.74, 6) is -0.628. The van der Waals surface area contributed by atoms with Crippen molar-refractivity contribution in [1.29, 1.82) is 0 Å². The lowest BCUT2D eigenvalue weighted by atomic mass is 9.99. The number of hydrogen-bond donors (Lipinski definition) is 2. The molecule has 0 saturated heterocycles. The number of rotatable bonds is 3. The number of nitrogens with zero attached hydrogens (tertiary/aromatic N) is 1. The molecule has 0 unspecified atom stereocenters. The molecule has 2 atom stereocenters. The normalized spacial score (nSPS) is 21.5. The summed E-state index contributed by atoms with van der Waals surface area (Å²) in [7, 11) is 1.68. The van der Waals surface area contributed by atoms with Gasteiger partial charge in [0, 0.05) is 12.1 Å². The van der Waals surface area contributed by atoms with Crippen LogP contribution >= 0.6 is 11.6 Å². The molecule has 29 heavy (non-hydrogen) atoms. The van der Waals surface area contributed by atoms with E-state index in [1.165, 1.54) is 6.07 Å². The predicted molar refractivity (Wildman–Crippen MR) is 112 cm³/mol. The van der Waals surface area contributed by atoms with Crippen LogP contribution < -0.4 is 15.4 Å². The minimum atomic E-state index is -0.803. The van der Waals surface area contributed by atoms with Crippen molar-refractivity contribution in [3.8, 4) is 5.75 Å². The molecular formula is C21H30ClN3O4. The van der Waals surface area contributed by atoms with Gasteiger partial charge in [-0.15, -0.1) is 0 Å². The van der Waals surface area contributed by atoms with E-state index < -0.39 is 18.0 Å². The Morgan fingerprint density at radius 1 is 1.17 bits per heavy atom. The molecule has 7 nitrogen and oxygen atoms in total. The Kier molecular flexibility index (Phi) is 7.90. The van der Waals surface area contributed by atoms with Crippen molar-refractivity contribution in [2.75, 3.05) is 20.2 Å². The monoisotopic (exact) mass is 423 g/mol. The number of hydrogen-bond acceptors (Lipinski definition) is 4. The summed E-state index contributed by atoms with van der Waals surface area (Å²) in [6.45, 7) is 8.19. The van der Waals surface area contributed by atoms with Crippen LogP contribution in [0.1, 0.15) is 44.5 Å². The van der Waals surface area contributed by atoms with Crippen LogP contribution in [0.15, 0.2) is 18.2 Å². The summed E-state index contributed by atoms with van der Waals surface area (Å²) in [4.78, 5) is 40.3. The number of benzene rings is 1. The number of nitrogens with one attached hydrogen (secondary N) is 2. The Hall–Kier alpha value is -2.28. The molecule has 0 bridgehead atoms. The van der Waals surface area contributed by atoms with Gasteiger partial charge in [0.25, 0.3) is 5.91 Å². The quantitative estimate of drug-likeness (QED) is 0.781. The van der Waals surface area contributed by atoms with Crippen molar-refractivity contribution in [1.82, 2.24) is 15.5 Å². The van der Waals surface area contributed by atoms with E-state index >= 15 is 0 Å². The summed E-state index contributed by atoms with van der Waals surface area (Å²) in [6, 6.07) is 3.29. The maximum Gasteiger partial charge on any atom is 0.255 e. The lowest BCUT2D eigenvalue weighted by molar-refractivity contribution is -0.136. The SMILES string of the molecule is CC(C)C[C@@H]1NC(=O)[C@H](C(C)C)NC(=O)c2cc(Cl)ccc2OCCN(C)C1=O. The second-order valence-electron chi connectivity index (χ2n) is 8.13. The van der Waals surface area contributed by atoms with E-state index in [0.29, 0.717) is 23.7 Å². The first-order chi connectivity index (χ1) is 13.6. The van der Waals surface area contributed by atoms with Gasteiger partial charge >= 0.3 is 0 Å². The van der Waals surface area contributed by atoms with Crippen LogP contribution in [0.25, 0.3) is 0 Å². The summed E-state index contributed by atoms with van der Waals surface area (Å²) >= 11 is 6.06. The van der Waals surface area contributed by atoms with E-state index in [0.717, 1.165) is 0 Å². The lowest BCUT2D eigenvalue weighted by Crippen LogP contribution is -2.55. The molecule has 2 N–H and O–H groups in total. The number of fused-ring (bicyclic) bond motifs is 1. The van der Waals surface area contributed by atoms with E-state index in [4.69, 9.17) is 16.3 Å². The highest BCUT2D eigenvalue weighted by Gasteiger charge is 2.31. The molecule has 1 aliphatic rings. The van der Waals surface area contributed by atoms with Crippen molar-refractivity contribution in [3.05, 3.63) is 28.8 Å². The van der Waals surface area contributed by atoms with Crippen molar-refractivity contribution >= 4 is 29.3 Å². The molecule has 2 rings (SSSR count). The van der Waals surface area contributed by atoms with E-state index in [1.54, 1.807) is 24.1 Å². The van der Waals surface area contributed by atoms with E-state index in [9.17, 15) is 14.4 Å². The molecule has 0 radical (unpaired) electrons. The van der Waals surface area contributed by atoms with Gasteiger partial charge in [-0.05, 0) is 36.5 Å². The third kappa shape index (κ3) is 6.10. The van der Waals surface area contributed by atoms with E-state index in [1.807, 2.05) is 27.7 Å². The Labute approximate surface area is 177 Å². The first-order valence-electron chi connectivity index (χ1n) is 9.88. The van der Waals surface area contributed by atoms with Crippen LogP contribution in [0.5, 0.6) is 5.75 Å². The largest absolute Gasteiger partial charge is 0.491 e. The zero-order valence-electron chi connectivity index (χ0n) is 17.6. The summed E-state index contributed by atoms with van der Waals surface area (Å²) in [5, 5.41) is 6.01. The molecule has 0 aliphatic carbocycles. The highest BCUT2D eigenvalue weighted by Crippen LogP contribution is 2.24. The first-order valence-corrected chi connectivity index (χ1v) is 10.3. The third-order valence-corrected chi connectivity index (χ3v) is 5.04. The molecule has 0 saturated carbocycles. The zero-order valence-corrected chi connectivity index (χ0v) is 18.4. The second-order valence-corrected chi connectivity index (χ2v) is 8.57. The Morgan fingerprint density at radius 2 is 1.86 bits per heavy atom. The Balaban J connectivity index is 2.42. The molecule has 1 aromatic rings. The minimum Gasteiger partial charge on any atom is -0.491 e. The number of likely N-dealkylation sites (N-methyl/N-ethyl adjacent to an activating group) is 1. The molecule has 0 fully saturated rings. The van der Waals surface area contributed by atoms with Crippen molar-refractivity contribution in [2.24, 2.45) is 11.8 Å². The standard InChI is InChI=1S/C21H30ClN3O4/c1-12(2)10-16-21(28)25(5)8-9-29-17-7-6-14(22)11-15(17)19(26)24-18(13(3)4)20(27)23-16/h6-7,11-13,16,18H,8-10H2,1-5H3,(H,23,27)(H,24,26)/t16-,18-/m0/s1. The highest BCUT2D eigenvalue weighted by atomic mass is 35.5. The molecule has 1 aliphatic heterocycles. The number of amides is 3. The molecule has 8 heteroatoms. The lowest BCUT2D eigenvalue weighted by Gasteiger charge is -2.28. The maximum atomic E-state index is 13.0. The fourth-order valence-corrected chi connectivity index (χ4v) is 3.35. The molecule has 0 spiro atoms. The van der Waals surface area contributed by atoms with Gasteiger partial charge in [-0.25, -0.2) is 0 Å². The highest BCUT2D eigenvalue weighted by molar-refractivity contribution is 6.31. The number of carbonyl (C=O) groups is 3. The van der Waals surface area contributed by atoms with Gasteiger partial charge in [-0.2, -0.15) is 0 Å². The van der Waals surface area contributed by atoms with Gasteiger partial charge in [-0.1, -0.05) is 39.3 Å². The van der Waals surface area contributed by atoms with Crippen molar-refractivity contribution in [3.63, 3.8) is 0 Å². The summed E-state index contributed by atoms with van der Waals surface area (Å²) in [6.07, 6.45) is 0.504. The Bertz CT molecular complexity index is 766. The van der Waals surface area contributed by atoms with Crippen LogP contribution in [0, 0.1) is 11.8 Å². The predicted octanol–water partition coefficient (Wildman–Crippen LogP) is 2.48. The smallest absolute Gasteiger partial charge is 0.255 e. The van der Waals surface area contributed by atoms with Crippen molar-refractivity contribution < 1.29 is 19.1 Å². The number of ether oxygens (including phenoxy) is 1. The van der Waals surface area contributed by atoms with Crippen LogP contribution in [0.2, 0.25) is 5.02 Å². The second kappa shape index (κ2) is 9.96. The topological polar surface area (TPSA) is 87.7 Å². The fourth-order valence-electron chi connectivity index (χ4n) is 3.18.